The predicted molar refractivity (Wildman–Crippen MR) is 112 cm³/mol. The number of piperazine rings is 1. The van der Waals surface area contributed by atoms with Crippen LogP contribution in [0.1, 0.15) is 18.4 Å². The molecule has 158 valence electrons. The maximum atomic E-state index is 13.5. The number of nitrogens with zero attached hydrogens (tertiary/aromatic N) is 5. The Morgan fingerprint density at radius 2 is 1.79 bits per heavy atom. The molecule has 3 aliphatic rings. The van der Waals surface area contributed by atoms with Crippen LogP contribution in [0.15, 0.2) is 30.3 Å². The van der Waals surface area contributed by atoms with E-state index in [9.17, 15) is 9.59 Å². The monoisotopic (exact) mass is 399 g/mol. The highest BCUT2D eigenvalue weighted by molar-refractivity contribution is 5.86. The Bertz CT molecular complexity index is 745. The summed E-state index contributed by atoms with van der Waals surface area (Å²) in [5.74, 6) is 0.423. The molecule has 29 heavy (non-hydrogen) atoms. The maximum Gasteiger partial charge on any atom is 0.243 e. The lowest BCUT2D eigenvalue weighted by Gasteiger charge is -2.50. The highest BCUT2D eigenvalue weighted by Crippen LogP contribution is 2.42. The molecule has 1 aromatic rings. The molecular weight excluding hydrogens is 366 g/mol. The number of likely N-dealkylation sites (tertiary alicyclic amines) is 1. The first-order valence-corrected chi connectivity index (χ1v) is 10.6. The third-order valence-electron chi connectivity index (χ3n) is 6.72. The summed E-state index contributed by atoms with van der Waals surface area (Å²) in [6.07, 6.45) is 1.65. The van der Waals surface area contributed by atoms with Crippen molar-refractivity contribution in [1.29, 1.82) is 0 Å². The number of benzene rings is 1. The molecule has 3 fully saturated rings. The minimum atomic E-state index is -0.270. The minimum absolute atomic E-state index is 0.0681. The maximum absolute atomic E-state index is 13.5. The number of carbonyl (C=O) groups is 2. The van der Waals surface area contributed by atoms with Crippen molar-refractivity contribution in [3.05, 3.63) is 35.9 Å². The van der Waals surface area contributed by atoms with Crippen LogP contribution in [0.25, 0.3) is 0 Å². The van der Waals surface area contributed by atoms with Gasteiger partial charge in [0.15, 0.2) is 0 Å². The molecule has 1 atom stereocenters. The fourth-order valence-corrected chi connectivity index (χ4v) is 5.20. The highest BCUT2D eigenvalue weighted by Gasteiger charge is 2.58. The van der Waals surface area contributed by atoms with Gasteiger partial charge in [0.2, 0.25) is 11.8 Å². The molecule has 0 radical (unpaired) electrons. The van der Waals surface area contributed by atoms with Crippen molar-refractivity contribution in [2.45, 2.75) is 31.1 Å². The Morgan fingerprint density at radius 3 is 2.45 bits per heavy atom. The summed E-state index contributed by atoms with van der Waals surface area (Å²) in [6.45, 7) is 5.18. The number of hydrogen-bond acceptors (Lipinski definition) is 5. The zero-order valence-corrected chi connectivity index (χ0v) is 17.9. The number of amides is 2. The van der Waals surface area contributed by atoms with Crippen LogP contribution in [0.5, 0.6) is 0 Å². The van der Waals surface area contributed by atoms with Crippen molar-refractivity contribution in [3.63, 3.8) is 0 Å². The summed E-state index contributed by atoms with van der Waals surface area (Å²) in [5, 5.41) is 0. The normalized spacial score (nSPS) is 25.1. The van der Waals surface area contributed by atoms with Crippen molar-refractivity contribution in [2.24, 2.45) is 0 Å². The summed E-state index contributed by atoms with van der Waals surface area (Å²) in [6, 6.07) is 10.2. The van der Waals surface area contributed by atoms with E-state index in [2.05, 4.69) is 33.9 Å². The Hall–Kier alpha value is -1.96. The van der Waals surface area contributed by atoms with Gasteiger partial charge in [0.05, 0.1) is 6.54 Å². The van der Waals surface area contributed by atoms with Gasteiger partial charge in [-0.3, -0.25) is 14.5 Å². The van der Waals surface area contributed by atoms with Gasteiger partial charge in [0.1, 0.15) is 11.7 Å². The average molecular weight is 400 g/mol. The zero-order valence-electron chi connectivity index (χ0n) is 17.9. The molecule has 7 heteroatoms. The lowest BCUT2D eigenvalue weighted by atomic mass is 9.93. The first kappa shape index (κ1) is 20.3. The third kappa shape index (κ3) is 3.79. The minimum Gasteiger partial charge on any atom is -0.341 e. The lowest BCUT2D eigenvalue weighted by molar-refractivity contribution is -0.140. The first-order valence-electron chi connectivity index (χ1n) is 10.6. The smallest absolute Gasteiger partial charge is 0.243 e. The van der Waals surface area contributed by atoms with Gasteiger partial charge in [-0.25, -0.2) is 0 Å². The lowest BCUT2D eigenvalue weighted by Crippen LogP contribution is -2.63. The summed E-state index contributed by atoms with van der Waals surface area (Å²) in [5.41, 5.74) is 0.896. The van der Waals surface area contributed by atoms with Crippen molar-refractivity contribution < 1.29 is 9.59 Å². The van der Waals surface area contributed by atoms with Crippen LogP contribution >= 0.6 is 0 Å². The third-order valence-corrected chi connectivity index (χ3v) is 6.72. The summed E-state index contributed by atoms with van der Waals surface area (Å²) >= 11 is 0. The molecule has 0 aliphatic carbocycles. The molecule has 0 unspecified atom stereocenters. The van der Waals surface area contributed by atoms with Gasteiger partial charge >= 0.3 is 0 Å². The average Bonchev–Trinajstić information content (AvgIpc) is 2.91. The SMILES string of the molecule is CN(C)CC(=O)N1CCC2(CC1)N(Cc1ccccc1)C(=O)[C@H]1CN(C)CCN12. The highest BCUT2D eigenvalue weighted by atomic mass is 16.2. The zero-order chi connectivity index (χ0) is 20.6. The molecule has 2 amide bonds. The van der Waals surface area contributed by atoms with Crippen LogP contribution < -0.4 is 0 Å². The van der Waals surface area contributed by atoms with E-state index >= 15 is 0 Å². The Morgan fingerprint density at radius 1 is 1.10 bits per heavy atom. The summed E-state index contributed by atoms with van der Waals surface area (Å²) in [4.78, 5) is 36.8. The number of hydrogen-bond donors (Lipinski definition) is 0. The number of likely N-dealkylation sites (N-methyl/N-ethyl adjacent to an activating group) is 2. The van der Waals surface area contributed by atoms with E-state index in [4.69, 9.17) is 0 Å². The molecule has 0 saturated carbocycles. The van der Waals surface area contributed by atoms with Crippen LogP contribution in [0.3, 0.4) is 0 Å². The van der Waals surface area contributed by atoms with Crippen LogP contribution in [0, 0.1) is 0 Å². The second kappa shape index (κ2) is 8.05. The molecule has 4 rings (SSSR count). The van der Waals surface area contributed by atoms with Crippen LogP contribution in [-0.2, 0) is 16.1 Å². The molecule has 7 nitrogen and oxygen atoms in total. The molecule has 0 N–H and O–H groups in total. The Kier molecular flexibility index (Phi) is 5.64. The van der Waals surface area contributed by atoms with Gasteiger partial charge < -0.3 is 19.6 Å². The standard InChI is InChI=1S/C22H33N5O2/c1-23(2)17-20(28)25-11-9-22(10-12-25)26-14-13-24(3)16-19(26)21(29)27(22)15-18-7-5-4-6-8-18/h4-8,19H,9-17H2,1-3H3/t19-/m1/s1. The van der Waals surface area contributed by atoms with Gasteiger partial charge in [-0.05, 0) is 26.7 Å². The van der Waals surface area contributed by atoms with Crippen LogP contribution in [0.2, 0.25) is 0 Å². The van der Waals surface area contributed by atoms with E-state index in [1.807, 2.05) is 42.1 Å². The van der Waals surface area contributed by atoms with Gasteiger partial charge in [-0.2, -0.15) is 0 Å². The quantitative estimate of drug-likeness (QED) is 0.739. The van der Waals surface area contributed by atoms with E-state index < -0.39 is 0 Å². The molecule has 0 aromatic heterocycles. The number of carbonyl (C=O) groups excluding carboxylic acids is 2. The molecule has 0 bridgehead atoms. The van der Waals surface area contributed by atoms with Gasteiger partial charge in [-0.1, -0.05) is 30.3 Å². The molecule has 1 aromatic carbocycles. The predicted octanol–water partition coefficient (Wildman–Crippen LogP) is 0.525. The fourth-order valence-electron chi connectivity index (χ4n) is 5.20. The second-order valence-electron chi connectivity index (χ2n) is 8.98. The van der Waals surface area contributed by atoms with Crippen LogP contribution in [-0.4, -0.2) is 108 Å². The fraction of sp³-hybridized carbons (Fsp3) is 0.636. The van der Waals surface area contributed by atoms with Gasteiger partial charge in [0.25, 0.3) is 0 Å². The van der Waals surface area contributed by atoms with Crippen molar-refractivity contribution in [1.82, 2.24) is 24.5 Å². The van der Waals surface area contributed by atoms with E-state index in [1.165, 1.54) is 5.56 Å². The Labute approximate surface area is 173 Å². The number of fused-ring (bicyclic) bond motifs is 2. The van der Waals surface area contributed by atoms with Crippen LogP contribution in [0.4, 0.5) is 0 Å². The van der Waals surface area contributed by atoms with Gasteiger partial charge in [-0.15, -0.1) is 0 Å². The van der Waals surface area contributed by atoms with Gasteiger partial charge in [0, 0.05) is 52.1 Å². The second-order valence-corrected chi connectivity index (χ2v) is 8.98. The molecule has 1 spiro atoms. The molecule has 3 heterocycles. The Balaban J connectivity index is 1.58. The topological polar surface area (TPSA) is 50.3 Å². The van der Waals surface area contributed by atoms with E-state index in [-0.39, 0.29) is 23.5 Å². The first-order chi connectivity index (χ1) is 13.9. The summed E-state index contributed by atoms with van der Waals surface area (Å²) in [7, 11) is 5.95. The van der Waals surface area contributed by atoms with Crippen molar-refractivity contribution in [2.75, 3.05) is 60.4 Å². The van der Waals surface area contributed by atoms with E-state index in [0.717, 1.165) is 32.5 Å². The van der Waals surface area contributed by atoms with Crippen molar-refractivity contribution in [3.8, 4) is 0 Å². The van der Waals surface area contributed by atoms with E-state index in [0.29, 0.717) is 26.2 Å². The van der Waals surface area contributed by atoms with Crippen molar-refractivity contribution >= 4 is 11.8 Å². The summed E-state index contributed by atoms with van der Waals surface area (Å²) < 4.78 is 0. The molecule has 3 aliphatic heterocycles. The number of rotatable bonds is 4. The molecule has 3 saturated heterocycles. The van der Waals surface area contributed by atoms with E-state index in [1.54, 1.807) is 0 Å². The number of piperidine rings is 1. The largest absolute Gasteiger partial charge is 0.341 e. The molecular formula is C22H33N5O2.